The van der Waals surface area contributed by atoms with Crippen molar-refractivity contribution in [3.63, 3.8) is 0 Å². The molecule has 3 aromatic heterocycles. The molecule has 3 aromatic carbocycles. The van der Waals surface area contributed by atoms with Crippen LogP contribution in [-0.4, -0.2) is 31.0 Å². The molecule has 0 aliphatic rings. The third kappa shape index (κ3) is 4.41. The fraction of sp³-hybridized carbons (Fsp3) is 0.0714. The van der Waals surface area contributed by atoms with Crippen LogP contribution in [-0.2, 0) is 0 Å². The number of aromatic nitrogens is 5. The lowest BCUT2D eigenvalue weighted by Gasteiger charge is -2.02. The number of hydrogen-bond donors (Lipinski definition) is 0. The average Bonchev–Trinajstić information content (AvgIpc) is 3.61. The highest BCUT2D eigenvalue weighted by Crippen LogP contribution is 2.25. The van der Waals surface area contributed by atoms with Gasteiger partial charge in [0.05, 0.1) is 16.8 Å². The molecule has 0 fully saturated rings. The summed E-state index contributed by atoms with van der Waals surface area (Å²) in [6.45, 7) is 2.52. The number of benzene rings is 3. The molecule has 37 heavy (non-hydrogen) atoms. The molecule has 0 saturated carbocycles. The van der Waals surface area contributed by atoms with Gasteiger partial charge in [-0.25, -0.2) is 9.07 Å². The Kier molecular flexibility index (Phi) is 5.82. The highest BCUT2D eigenvalue weighted by molar-refractivity contribution is 7.15. The summed E-state index contributed by atoms with van der Waals surface area (Å²) in [6, 6.07) is 23.2. The molecular weight excluding hydrogens is 489 g/mol. The Hall–Kier alpha value is -4.63. The Labute approximate surface area is 214 Å². The third-order valence-corrected chi connectivity index (χ3v) is 6.73. The van der Waals surface area contributed by atoms with Crippen LogP contribution in [0.25, 0.3) is 39.4 Å². The van der Waals surface area contributed by atoms with Gasteiger partial charge >= 0.3 is 0 Å². The van der Waals surface area contributed by atoms with E-state index in [0.717, 1.165) is 28.1 Å². The van der Waals surface area contributed by atoms with E-state index in [2.05, 4.69) is 10.1 Å². The van der Waals surface area contributed by atoms with Crippen molar-refractivity contribution in [2.24, 2.45) is 0 Å². The van der Waals surface area contributed by atoms with Gasteiger partial charge in [-0.2, -0.15) is 14.6 Å². The predicted octanol–water partition coefficient (Wildman–Crippen LogP) is 4.76. The third-order valence-electron chi connectivity index (χ3n) is 5.77. The van der Waals surface area contributed by atoms with Crippen LogP contribution in [0.5, 0.6) is 5.75 Å². The summed E-state index contributed by atoms with van der Waals surface area (Å²) in [5.74, 6) is 0.913. The monoisotopic (exact) mass is 509 g/mol. The summed E-state index contributed by atoms with van der Waals surface area (Å²) in [4.78, 5) is 18.3. The van der Waals surface area contributed by atoms with Crippen LogP contribution in [0.4, 0.5) is 4.39 Å². The first-order chi connectivity index (χ1) is 18.1. The van der Waals surface area contributed by atoms with Crippen molar-refractivity contribution in [2.75, 3.05) is 6.61 Å². The maximum absolute atomic E-state index is 13.6. The van der Waals surface area contributed by atoms with Gasteiger partial charge in [0.1, 0.15) is 17.3 Å². The minimum atomic E-state index is -0.326. The Balaban J connectivity index is 1.43. The van der Waals surface area contributed by atoms with Crippen LogP contribution in [0.3, 0.4) is 0 Å². The van der Waals surface area contributed by atoms with Gasteiger partial charge in [0.2, 0.25) is 4.96 Å². The predicted molar refractivity (Wildman–Crippen MR) is 141 cm³/mol. The van der Waals surface area contributed by atoms with Gasteiger partial charge in [0.25, 0.3) is 5.56 Å². The van der Waals surface area contributed by atoms with Crippen LogP contribution in [0.15, 0.2) is 89.9 Å². The first-order valence-corrected chi connectivity index (χ1v) is 12.5. The van der Waals surface area contributed by atoms with Crippen molar-refractivity contribution in [1.29, 1.82) is 0 Å². The SMILES string of the molecule is CCOc1ccc(-c2nc3sc(=Cc4cn(-c5ccccc5)nc4-c4ccc(F)cc4)c(=O)n3n2)cc1. The molecule has 0 unspecified atom stereocenters. The number of rotatable bonds is 6. The van der Waals surface area contributed by atoms with Gasteiger partial charge in [-0.05, 0) is 73.7 Å². The lowest BCUT2D eigenvalue weighted by Crippen LogP contribution is -2.23. The fourth-order valence-corrected chi connectivity index (χ4v) is 4.90. The molecule has 6 aromatic rings. The number of thiazole rings is 1. The van der Waals surface area contributed by atoms with E-state index >= 15 is 0 Å². The van der Waals surface area contributed by atoms with E-state index in [4.69, 9.17) is 9.84 Å². The molecule has 0 saturated heterocycles. The highest BCUT2D eigenvalue weighted by atomic mass is 32.1. The molecule has 182 valence electrons. The molecule has 3 heterocycles. The van der Waals surface area contributed by atoms with Crippen molar-refractivity contribution in [1.82, 2.24) is 24.4 Å². The molecule has 0 N–H and O–H groups in total. The van der Waals surface area contributed by atoms with Gasteiger partial charge in [0.15, 0.2) is 5.82 Å². The van der Waals surface area contributed by atoms with Crippen molar-refractivity contribution < 1.29 is 9.13 Å². The van der Waals surface area contributed by atoms with Gasteiger partial charge in [-0.1, -0.05) is 29.5 Å². The summed E-state index contributed by atoms with van der Waals surface area (Å²) in [5, 5.41) is 9.18. The normalized spacial score (nSPS) is 11.9. The minimum absolute atomic E-state index is 0.262. The van der Waals surface area contributed by atoms with Gasteiger partial charge < -0.3 is 4.74 Å². The first kappa shape index (κ1) is 22.8. The van der Waals surface area contributed by atoms with Gasteiger partial charge in [-0.3, -0.25) is 4.79 Å². The summed E-state index contributed by atoms with van der Waals surface area (Å²) in [7, 11) is 0. The fourth-order valence-electron chi connectivity index (χ4n) is 4.00. The molecule has 0 spiro atoms. The smallest absolute Gasteiger partial charge is 0.291 e. The quantitative estimate of drug-likeness (QED) is 0.324. The number of fused-ring (bicyclic) bond motifs is 1. The maximum Gasteiger partial charge on any atom is 0.291 e. The Morgan fingerprint density at radius 3 is 2.38 bits per heavy atom. The number of para-hydroxylation sites is 1. The molecule has 0 atom stereocenters. The highest BCUT2D eigenvalue weighted by Gasteiger charge is 2.15. The zero-order valence-corrected chi connectivity index (χ0v) is 20.5. The summed E-state index contributed by atoms with van der Waals surface area (Å²) in [6.07, 6.45) is 3.64. The standard InChI is InChI=1S/C28H20FN5O2S/c1-2-36-23-14-10-19(11-15-23)26-30-28-34(32-26)27(35)24(37-28)16-20-17-33(22-6-4-3-5-7-22)31-25(20)18-8-12-21(29)13-9-18/h3-17H,2H2,1H3. The second kappa shape index (κ2) is 9.44. The molecular formula is C28H20FN5O2S. The molecule has 6 rings (SSSR count). The van der Waals surface area contributed by atoms with Gasteiger partial charge in [0, 0.05) is 22.9 Å². The van der Waals surface area contributed by atoms with Gasteiger partial charge in [-0.15, -0.1) is 5.10 Å². The Bertz CT molecular complexity index is 1810. The molecule has 0 aliphatic heterocycles. The van der Waals surface area contributed by atoms with Crippen LogP contribution < -0.4 is 14.8 Å². The zero-order chi connectivity index (χ0) is 25.4. The van der Waals surface area contributed by atoms with E-state index in [1.165, 1.54) is 28.0 Å². The van der Waals surface area contributed by atoms with Crippen molar-refractivity contribution >= 4 is 22.4 Å². The van der Waals surface area contributed by atoms with E-state index in [0.29, 0.717) is 27.6 Å². The summed E-state index contributed by atoms with van der Waals surface area (Å²) < 4.78 is 22.6. The topological polar surface area (TPSA) is 74.3 Å². The molecule has 0 radical (unpaired) electrons. The lowest BCUT2D eigenvalue weighted by molar-refractivity contribution is 0.340. The van der Waals surface area contributed by atoms with Crippen LogP contribution in [0.1, 0.15) is 12.5 Å². The van der Waals surface area contributed by atoms with E-state index < -0.39 is 0 Å². The van der Waals surface area contributed by atoms with Crippen LogP contribution in [0, 0.1) is 5.82 Å². The number of ether oxygens (including phenoxy) is 1. The molecule has 7 nitrogen and oxygen atoms in total. The lowest BCUT2D eigenvalue weighted by atomic mass is 10.1. The van der Waals surface area contributed by atoms with Crippen LogP contribution in [0.2, 0.25) is 0 Å². The number of hydrogen-bond acceptors (Lipinski definition) is 6. The van der Waals surface area contributed by atoms with E-state index in [1.807, 2.05) is 67.7 Å². The van der Waals surface area contributed by atoms with Crippen molar-refractivity contribution in [3.05, 3.63) is 111 Å². The summed E-state index contributed by atoms with van der Waals surface area (Å²) in [5.41, 5.74) is 3.51. The largest absolute Gasteiger partial charge is 0.494 e. The van der Waals surface area contributed by atoms with E-state index in [1.54, 1.807) is 22.9 Å². The molecule has 0 amide bonds. The van der Waals surface area contributed by atoms with Crippen LogP contribution >= 0.6 is 11.3 Å². The number of halogens is 1. The molecule has 0 bridgehead atoms. The van der Waals surface area contributed by atoms with E-state index in [9.17, 15) is 9.18 Å². The van der Waals surface area contributed by atoms with E-state index in [-0.39, 0.29) is 11.4 Å². The second-order valence-corrected chi connectivity index (χ2v) is 9.23. The summed E-state index contributed by atoms with van der Waals surface area (Å²) >= 11 is 1.26. The first-order valence-electron chi connectivity index (χ1n) is 11.6. The number of nitrogens with zero attached hydrogens (tertiary/aromatic N) is 5. The minimum Gasteiger partial charge on any atom is -0.494 e. The van der Waals surface area contributed by atoms with Crippen molar-refractivity contribution in [2.45, 2.75) is 6.92 Å². The maximum atomic E-state index is 13.6. The Morgan fingerprint density at radius 2 is 1.68 bits per heavy atom. The zero-order valence-electron chi connectivity index (χ0n) is 19.7. The molecule has 9 heteroatoms. The molecule has 0 aliphatic carbocycles. The van der Waals surface area contributed by atoms with Crippen molar-refractivity contribution in [3.8, 4) is 34.1 Å². The Morgan fingerprint density at radius 1 is 0.946 bits per heavy atom. The second-order valence-electron chi connectivity index (χ2n) is 8.22. The average molecular weight is 510 g/mol.